The van der Waals surface area contributed by atoms with Crippen LogP contribution in [0.5, 0.6) is 0 Å². The first-order chi connectivity index (χ1) is 9.56. The average molecular weight is 296 g/mol. The van der Waals surface area contributed by atoms with Crippen molar-refractivity contribution >= 4 is 23.4 Å². The van der Waals surface area contributed by atoms with Gasteiger partial charge in [0.05, 0.1) is 10.9 Å². The summed E-state index contributed by atoms with van der Waals surface area (Å²) in [5.41, 5.74) is 5.57. The highest BCUT2D eigenvalue weighted by atomic mass is 32.2. The Hall–Kier alpha value is -1.23. The Morgan fingerprint density at radius 3 is 2.75 bits per heavy atom. The minimum atomic E-state index is -0.435. The molecule has 1 aliphatic rings. The molecule has 3 N–H and O–H groups in total. The second-order valence-electron chi connectivity index (χ2n) is 5.29. The van der Waals surface area contributed by atoms with Crippen molar-refractivity contribution < 1.29 is 9.18 Å². The molecule has 0 aliphatic heterocycles. The van der Waals surface area contributed by atoms with Gasteiger partial charge in [0, 0.05) is 10.9 Å². The number of hydrogen-bond donors (Lipinski definition) is 2. The first kappa shape index (κ1) is 15.2. The quantitative estimate of drug-likeness (QED) is 0.662. The van der Waals surface area contributed by atoms with Gasteiger partial charge in [-0.1, -0.05) is 19.3 Å². The van der Waals surface area contributed by atoms with Crippen molar-refractivity contribution in [1.29, 1.82) is 0 Å². The zero-order valence-electron chi connectivity index (χ0n) is 11.7. The lowest BCUT2D eigenvalue weighted by Crippen LogP contribution is -2.40. The first-order valence-electron chi connectivity index (χ1n) is 7.08. The molecule has 5 heteroatoms. The Labute approximate surface area is 123 Å². The molecule has 2 rings (SSSR count). The Morgan fingerprint density at radius 2 is 2.10 bits per heavy atom. The summed E-state index contributed by atoms with van der Waals surface area (Å²) in [5, 5.41) is 2.85. The maximum absolute atomic E-state index is 13.4. The zero-order valence-corrected chi connectivity index (χ0v) is 12.5. The largest absolute Gasteiger partial charge is 0.396 e. The highest BCUT2D eigenvalue weighted by molar-refractivity contribution is 8.00. The third kappa shape index (κ3) is 4.13. The molecule has 0 spiro atoms. The van der Waals surface area contributed by atoms with E-state index in [1.165, 1.54) is 43.2 Å². The van der Waals surface area contributed by atoms with E-state index in [2.05, 4.69) is 5.32 Å². The van der Waals surface area contributed by atoms with Crippen LogP contribution < -0.4 is 11.1 Å². The number of amides is 1. The molecule has 110 valence electrons. The monoisotopic (exact) mass is 296 g/mol. The summed E-state index contributed by atoms with van der Waals surface area (Å²) in [6, 6.07) is 4.96. The van der Waals surface area contributed by atoms with Crippen molar-refractivity contribution in [1.82, 2.24) is 5.32 Å². The van der Waals surface area contributed by atoms with Crippen LogP contribution in [0.3, 0.4) is 0 Å². The van der Waals surface area contributed by atoms with Crippen molar-refractivity contribution in [2.75, 3.05) is 5.73 Å². The summed E-state index contributed by atoms with van der Waals surface area (Å²) in [7, 11) is 0. The van der Waals surface area contributed by atoms with E-state index in [4.69, 9.17) is 5.73 Å². The minimum Gasteiger partial charge on any atom is -0.396 e. The number of benzene rings is 1. The molecule has 0 saturated heterocycles. The smallest absolute Gasteiger partial charge is 0.233 e. The number of hydrogen-bond acceptors (Lipinski definition) is 3. The van der Waals surface area contributed by atoms with E-state index in [1.807, 2.05) is 6.92 Å². The predicted octanol–water partition coefficient (Wildman–Crippen LogP) is 3.34. The molecule has 1 atom stereocenters. The minimum absolute atomic E-state index is 0.0270. The van der Waals surface area contributed by atoms with Gasteiger partial charge in [-0.15, -0.1) is 11.8 Å². The van der Waals surface area contributed by atoms with Crippen LogP contribution in [-0.2, 0) is 4.79 Å². The van der Waals surface area contributed by atoms with Crippen LogP contribution in [0.1, 0.15) is 39.0 Å². The Kier molecular flexibility index (Phi) is 5.29. The van der Waals surface area contributed by atoms with Gasteiger partial charge in [-0.25, -0.2) is 4.39 Å². The number of thioether (sulfide) groups is 1. The molecule has 1 fully saturated rings. The summed E-state index contributed by atoms with van der Waals surface area (Å²) in [5.74, 6) is -0.408. The Morgan fingerprint density at radius 1 is 1.40 bits per heavy atom. The molecular weight excluding hydrogens is 275 g/mol. The van der Waals surface area contributed by atoms with Gasteiger partial charge in [0.15, 0.2) is 0 Å². The molecule has 1 saturated carbocycles. The number of anilines is 1. The van der Waals surface area contributed by atoms with Gasteiger partial charge in [0.25, 0.3) is 0 Å². The summed E-state index contributed by atoms with van der Waals surface area (Å²) >= 11 is 1.36. The molecule has 3 nitrogen and oxygen atoms in total. The number of nitrogen functional groups attached to an aromatic ring is 1. The van der Waals surface area contributed by atoms with Crippen LogP contribution in [0.4, 0.5) is 10.1 Å². The topological polar surface area (TPSA) is 55.1 Å². The van der Waals surface area contributed by atoms with Gasteiger partial charge < -0.3 is 11.1 Å². The number of halogens is 1. The lowest BCUT2D eigenvalue weighted by atomic mass is 9.95. The van der Waals surface area contributed by atoms with Crippen LogP contribution >= 0.6 is 11.8 Å². The van der Waals surface area contributed by atoms with E-state index >= 15 is 0 Å². The highest BCUT2D eigenvalue weighted by Crippen LogP contribution is 2.26. The van der Waals surface area contributed by atoms with Crippen LogP contribution in [0.15, 0.2) is 23.1 Å². The molecular formula is C15H21FN2OS. The number of nitrogens with two attached hydrogens (primary N) is 1. The Bertz CT molecular complexity index is 475. The highest BCUT2D eigenvalue weighted by Gasteiger charge is 2.20. The van der Waals surface area contributed by atoms with Crippen molar-refractivity contribution in [2.45, 2.75) is 55.2 Å². The molecule has 0 aromatic heterocycles. The van der Waals surface area contributed by atoms with Gasteiger partial charge in [-0.2, -0.15) is 0 Å². The lowest BCUT2D eigenvalue weighted by Gasteiger charge is -2.24. The number of carbonyl (C=O) groups is 1. The number of nitrogens with one attached hydrogen (secondary N) is 1. The SMILES string of the molecule is CC(Sc1ccc(N)c(F)c1)C(=O)NC1CCCCC1. The Balaban J connectivity index is 1.88. The maximum Gasteiger partial charge on any atom is 0.233 e. The third-order valence-electron chi connectivity index (χ3n) is 3.61. The van der Waals surface area contributed by atoms with Gasteiger partial charge >= 0.3 is 0 Å². The molecule has 1 aromatic carbocycles. The second kappa shape index (κ2) is 6.97. The summed E-state index contributed by atoms with van der Waals surface area (Å²) < 4.78 is 13.4. The van der Waals surface area contributed by atoms with Crippen molar-refractivity contribution in [3.63, 3.8) is 0 Å². The van der Waals surface area contributed by atoms with Crippen LogP contribution in [0.25, 0.3) is 0 Å². The fourth-order valence-corrected chi connectivity index (χ4v) is 3.31. The first-order valence-corrected chi connectivity index (χ1v) is 7.96. The van der Waals surface area contributed by atoms with E-state index in [-0.39, 0.29) is 16.8 Å². The van der Waals surface area contributed by atoms with Crippen molar-refractivity contribution in [3.8, 4) is 0 Å². The fraction of sp³-hybridized carbons (Fsp3) is 0.533. The summed E-state index contributed by atoms with van der Waals surface area (Å²) in [6.07, 6.45) is 5.78. The molecule has 1 aliphatic carbocycles. The van der Waals surface area contributed by atoms with E-state index in [1.54, 1.807) is 6.07 Å². The standard InChI is InChI=1S/C15H21FN2OS/c1-10(15(19)18-11-5-3-2-4-6-11)20-12-7-8-14(17)13(16)9-12/h7-11H,2-6,17H2,1H3,(H,18,19). The van der Waals surface area contributed by atoms with Crippen molar-refractivity contribution in [3.05, 3.63) is 24.0 Å². The van der Waals surface area contributed by atoms with Crippen LogP contribution in [0, 0.1) is 5.82 Å². The fourth-order valence-electron chi connectivity index (χ4n) is 2.40. The normalized spacial score (nSPS) is 17.7. The van der Waals surface area contributed by atoms with E-state index in [9.17, 15) is 9.18 Å². The van der Waals surface area contributed by atoms with Gasteiger partial charge in [0.1, 0.15) is 5.82 Å². The molecule has 0 heterocycles. The average Bonchev–Trinajstić information content (AvgIpc) is 2.44. The van der Waals surface area contributed by atoms with Gasteiger partial charge in [0.2, 0.25) is 5.91 Å². The zero-order chi connectivity index (χ0) is 14.5. The van der Waals surface area contributed by atoms with E-state index < -0.39 is 5.82 Å². The lowest BCUT2D eigenvalue weighted by molar-refractivity contribution is -0.121. The molecule has 0 radical (unpaired) electrons. The van der Waals surface area contributed by atoms with E-state index in [0.717, 1.165) is 17.7 Å². The van der Waals surface area contributed by atoms with Crippen molar-refractivity contribution in [2.24, 2.45) is 0 Å². The number of carbonyl (C=O) groups excluding carboxylic acids is 1. The maximum atomic E-state index is 13.4. The predicted molar refractivity (Wildman–Crippen MR) is 81.1 cm³/mol. The second-order valence-corrected chi connectivity index (χ2v) is 6.70. The molecule has 1 unspecified atom stereocenters. The molecule has 0 bridgehead atoms. The third-order valence-corrected chi connectivity index (χ3v) is 4.70. The molecule has 1 aromatic rings. The van der Waals surface area contributed by atoms with Crippen LogP contribution in [0.2, 0.25) is 0 Å². The van der Waals surface area contributed by atoms with E-state index in [0.29, 0.717) is 6.04 Å². The molecule has 20 heavy (non-hydrogen) atoms. The van der Waals surface area contributed by atoms with Gasteiger partial charge in [-0.3, -0.25) is 4.79 Å². The molecule has 1 amide bonds. The summed E-state index contributed by atoms with van der Waals surface area (Å²) in [6.45, 7) is 1.84. The van der Waals surface area contributed by atoms with Crippen LogP contribution in [-0.4, -0.2) is 17.2 Å². The number of rotatable bonds is 4. The summed E-state index contributed by atoms with van der Waals surface area (Å²) in [4.78, 5) is 12.8. The van der Waals surface area contributed by atoms with Gasteiger partial charge in [-0.05, 0) is 38.0 Å².